The Morgan fingerprint density at radius 3 is 2.42 bits per heavy atom. The van der Waals surface area contributed by atoms with Crippen molar-refractivity contribution in [1.29, 1.82) is 0 Å². The molecule has 138 valence electrons. The van der Waals surface area contributed by atoms with Crippen molar-refractivity contribution in [1.82, 2.24) is 10.2 Å². The topological polar surface area (TPSA) is 41.6 Å². The third-order valence-corrected chi connectivity index (χ3v) is 4.99. The average Bonchev–Trinajstić information content (AvgIpc) is 2.69. The van der Waals surface area contributed by atoms with Gasteiger partial charge in [0.25, 0.3) is 5.91 Å². The fraction of sp³-hybridized carbons (Fsp3) is 0.409. The number of nitrogens with one attached hydrogen (secondary N) is 1. The standard InChI is InChI=1S/C22H28N2O2/c1-17(2)21(24-11-13-26-14-12-24)16-23-22(25)20-10-6-9-19(15-20)18-7-4-3-5-8-18/h3-10,15,17,21H,11-14,16H2,1-2H3,(H,23,25). The summed E-state index contributed by atoms with van der Waals surface area (Å²) in [6.07, 6.45) is 0. The number of carbonyl (C=O) groups is 1. The lowest BCUT2D eigenvalue weighted by Gasteiger charge is -2.36. The number of nitrogens with zero attached hydrogens (tertiary/aromatic N) is 1. The second kappa shape index (κ2) is 8.97. The minimum absolute atomic E-state index is 0.0123. The molecule has 1 unspecified atom stereocenters. The Kier molecular flexibility index (Phi) is 6.42. The summed E-state index contributed by atoms with van der Waals surface area (Å²) in [6.45, 7) is 8.49. The maximum absolute atomic E-state index is 12.7. The molecule has 2 aromatic carbocycles. The first kappa shape index (κ1) is 18.6. The summed E-state index contributed by atoms with van der Waals surface area (Å²) in [4.78, 5) is 15.1. The Morgan fingerprint density at radius 2 is 1.73 bits per heavy atom. The Morgan fingerprint density at radius 1 is 1.04 bits per heavy atom. The van der Waals surface area contributed by atoms with Gasteiger partial charge in [0, 0.05) is 31.2 Å². The molecule has 0 saturated carbocycles. The summed E-state index contributed by atoms with van der Waals surface area (Å²) in [5.41, 5.74) is 2.89. The molecule has 0 aromatic heterocycles. The number of hydrogen-bond donors (Lipinski definition) is 1. The number of amides is 1. The molecule has 1 aliphatic rings. The first-order valence-corrected chi connectivity index (χ1v) is 9.40. The largest absolute Gasteiger partial charge is 0.379 e. The molecular weight excluding hydrogens is 324 g/mol. The minimum atomic E-state index is -0.0123. The molecule has 1 atom stereocenters. The molecule has 1 heterocycles. The van der Waals surface area contributed by atoms with Gasteiger partial charge in [-0.15, -0.1) is 0 Å². The summed E-state index contributed by atoms with van der Waals surface area (Å²) in [5, 5.41) is 3.13. The molecule has 2 aromatic rings. The second-order valence-corrected chi connectivity index (χ2v) is 7.12. The lowest BCUT2D eigenvalue weighted by molar-refractivity contribution is 0.00673. The van der Waals surface area contributed by atoms with E-state index in [0.29, 0.717) is 24.1 Å². The third kappa shape index (κ3) is 4.71. The van der Waals surface area contributed by atoms with E-state index in [0.717, 1.165) is 37.4 Å². The monoisotopic (exact) mass is 352 g/mol. The predicted octanol–water partition coefficient (Wildman–Crippen LogP) is 3.44. The Balaban J connectivity index is 1.65. The number of ether oxygens (including phenoxy) is 1. The molecule has 0 radical (unpaired) electrons. The molecular formula is C22H28N2O2. The molecule has 1 N–H and O–H groups in total. The van der Waals surface area contributed by atoms with Gasteiger partial charge < -0.3 is 10.1 Å². The predicted molar refractivity (Wildman–Crippen MR) is 105 cm³/mol. The van der Waals surface area contributed by atoms with Crippen LogP contribution in [0.2, 0.25) is 0 Å². The van der Waals surface area contributed by atoms with Gasteiger partial charge in [0.1, 0.15) is 0 Å². The van der Waals surface area contributed by atoms with Crippen LogP contribution in [0.25, 0.3) is 11.1 Å². The molecule has 0 spiro atoms. The van der Waals surface area contributed by atoms with Crippen molar-refractivity contribution in [2.24, 2.45) is 5.92 Å². The van der Waals surface area contributed by atoms with Crippen LogP contribution in [0.5, 0.6) is 0 Å². The van der Waals surface area contributed by atoms with Crippen molar-refractivity contribution in [3.8, 4) is 11.1 Å². The highest BCUT2D eigenvalue weighted by molar-refractivity contribution is 5.95. The van der Waals surface area contributed by atoms with Gasteiger partial charge in [-0.2, -0.15) is 0 Å². The zero-order valence-corrected chi connectivity index (χ0v) is 15.7. The molecule has 4 heteroatoms. The van der Waals surface area contributed by atoms with E-state index < -0.39 is 0 Å². The minimum Gasteiger partial charge on any atom is -0.379 e. The quantitative estimate of drug-likeness (QED) is 0.866. The van der Waals surface area contributed by atoms with E-state index in [1.807, 2.05) is 42.5 Å². The average molecular weight is 352 g/mol. The molecule has 1 aliphatic heterocycles. The van der Waals surface area contributed by atoms with Crippen molar-refractivity contribution in [3.05, 3.63) is 60.2 Å². The number of hydrogen-bond acceptors (Lipinski definition) is 3. The highest BCUT2D eigenvalue weighted by Crippen LogP contribution is 2.20. The van der Waals surface area contributed by atoms with Crippen LogP contribution in [0, 0.1) is 5.92 Å². The van der Waals surface area contributed by atoms with Gasteiger partial charge in [-0.25, -0.2) is 0 Å². The number of benzene rings is 2. The van der Waals surface area contributed by atoms with E-state index in [1.54, 1.807) is 0 Å². The van der Waals surface area contributed by atoms with Gasteiger partial charge in [-0.05, 0) is 29.2 Å². The van der Waals surface area contributed by atoms with E-state index in [1.165, 1.54) is 0 Å². The van der Waals surface area contributed by atoms with Crippen LogP contribution in [0.3, 0.4) is 0 Å². The maximum atomic E-state index is 12.7. The van der Waals surface area contributed by atoms with Gasteiger partial charge in [0.05, 0.1) is 13.2 Å². The zero-order chi connectivity index (χ0) is 18.4. The van der Waals surface area contributed by atoms with Crippen molar-refractivity contribution in [2.45, 2.75) is 19.9 Å². The lowest BCUT2D eigenvalue weighted by atomic mass is 10.0. The number of carbonyl (C=O) groups excluding carboxylic acids is 1. The van der Waals surface area contributed by atoms with Gasteiger partial charge in [-0.1, -0.05) is 56.3 Å². The molecule has 1 fully saturated rings. The van der Waals surface area contributed by atoms with E-state index in [-0.39, 0.29) is 5.91 Å². The fourth-order valence-corrected chi connectivity index (χ4v) is 3.47. The molecule has 4 nitrogen and oxygen atoms in total. The van der Waals surface area contributed by atoms with E-state index in [4.69, 9.17) is 4.74 Å². The third-order valence-electron chi connectivity index (χ3n) is 4.99. The van der Waals surface area contributed by atoms with Crippen LogP contribution in [0.15, 0.2) is 54.6 Å². The molecule has 0 aliphatic carbocycles. The maximum Gasteiger partial charge on any atom is 0.251 e. The second-order valence-electron chi connectivity index (χ2n) is 7.12. The van der Waals surface area contributed by atoms with Gasteiger partial charge in [-0.3, -0.25) is 9.69 Å². The normalized spacial score (nSPS) is 16.4. The van der Waals surface area contributed by atoms with Crippen LogP contribution >= 0.6 is 0 Å². The van der Waals surface area contributed by atoms with E-state index in [9.17, 15) is 4.79 Å². The van der Waals surface area contributed by atoms with Crippen LogP contribution < -0.4 is 5.32 Å². The molecule has 0 bridgehead atoms. The Hall–Kier alpha value is -2.17. The number of morpholine rings is 1. The van der Waals surface area contributed by atoms with Crippen LogP contribution in [-0.4, -0.2) is 49.7 Å². The number of rotatable bonds is 6. The highest BCUT2D eigenvalue weighted by Gasteiger charge is 2.24. The first-order valence-electron chi connectivity index (χ1n) is 9.40. The van der Waals surface area contributed by atoms with Gasteiger partial charge in [0.2, 0.25) is 0 Å². The van der Waals surface area contributed by atoms with Crippen molar-refractivity contribution in [3.63, 3.8) is 0 Å². The zero-order valence-electron chi connectivity index (χ0n) is 15.7. The summed E-state index contributed by atoms with van der Waals surface area (Å²) in [7, 11) is 0. The van der Waals surface area contributed by atoms with Gasteiger partial charge in [0.15, 0.2) is 0 Å². The van der Waals surface area contributed by atoms with Crippen LogP contribution in [0.1, 0.15) is 24.2 Å². The summed E-state index contributed by atoms with van der Waals surface area (Å²) < 4.78 is 5.45. The van der Waals surface area contributed by atoms with Crippen molar-refractivity contribution < 1.29 is 9.53 Å². The van der Waals surface area contributed by atoms with Crippen LogP contribution in [0.4, 0.5) is 0 Å². The molecule has 1 amide bonds. The lowest BCUT2D eigenvalue weighted by Crippen LogP contribution is -2.51. The first-order chi connectivity index (χ1) is 12.6. The molecule has 26 heavy (non-hydrogen) atoms. The van der Waals surface area contributed by atoms with E-state index in [2.05, 4.69) is 36.2 Å². The summed E-state index contributed by atoms with van der Waals surface area (Å²) >= 11 is 0. The fourth-order valence-electron chi connectivity index (χ4n) is 3.47. The van der Waals surface area contributed by atoms with Gasteiger partial charge >= 0.3 is 0 Å². The highest BCUT2D eigenvalue weighted by atomic mass is 16.5. The SMILES string of the molecule is CC(C)C(CNC(=O)c1cccc(-c2ccccc2)c1)N1CCOCC1. The molecule has 1 saturated heterocycles. The smallest absolute Gasteiger partial charge is 0.251 e. The van der Waals surface area contributed by atoms with Crippen molar-refractivity contribution >= 4 is 5.91 Å². The van der Waals surface area contributed by atoms with Crippen molar-refractivity contribution in [2.75, 3.05) is 32.8 Å². The van der Waals surface area contributed by atoms with E-state index >= 15 is 0 Å². The summed E-state index contributed by atoms with van der Waals surface area (Å²) in [6, 6.07) is 18.3. The molecule has 3 rings (SSSR count). The van der Waals surface area contributed by atoms with Crippen LogP contribution in [-0.2, 0) is 4.74 Å². The summed E-state index contributed by atoms with van der Waals surface area (Å²) in [5.74, 6) is 0.464. The Labute approximate surface area is 156 Å². The Bertz CT molecular complexity index is 709.